The Bertz CT molecular complexity index is 1210. The Kier molecular flexibility index (Phi) is 8.86. The third kappa shape index (κ3) is 6.47. The molecule has 0 saturated carbocycles. The molecule has 0 saturated heterocycles. The Labute approximate surface area is 201 Å². The van der Waals surface area contributed by atoms with Gasteiger partial charge in [0.1, 0.15) is 23.7 Å². The molecule has 180 valence electrons. The third-order valence-electron chi connectivity index (χ3n) is 5.10. The quantitative estimate of drug-likeness (QED) is 0.390. The number of ether oxygens (including phenoxy) is 2. The van der Waals surface area contributed by atoms with E-state index in [0.29, 0.717) is 46.9 Å². The van der Waals surface area contributed by atoms with Crippen LogP contribution in [0.1, 0.15) is 5.56 Å². The number of carbonyl (C=O) groups is 1. The van der Waals surface area contributed by atoms with Gasteiger partial charge in [-0.2, -0.15) is 0 Å². The summed E-state index contributed by atoms with van der Waals surface area (Å²) in [5.41, 5.74) is 1.55. The molecule has 0 aliphatic heterocycles. The van der Waals surface area contributed by atoms with Crippen molar-refractivity contribution in [2.75, 3.05) is 46.3 Å². The highest BCUT2D eigenvalue weighted by Gasteiger charge is 2.17. The van der Waals surface area contributed by atoms with E-state index in [1.807, 2.05) is 11.9 Å². The predicted octanol–water partition coefficient (Wildman–Crippen LogP) is 4.72. The number of aromatic nitrogens is 2. The molecule has 1 heterocycles. The van der Waals surface area contributed by atoms with E-state index >= 15 is 0 Å². The summed E-state index contributed by atoms with van der Waals surface area (Å²) < 4.78 is 38.4. The molecule has 34 heavy (non-hydrogen) atoms. The molecule has 10 heteroatoms. The Hall–Kier alpha value is -3.14. The summed E-state index contributed by atoms with van der Waals surface area (Å²) in [6.45, 7) is 1.40. The highest BCUT2D eigenvalue weighted by Crippen LogP contribution is 2.31. The van der Waals surface area contributed by atoms with Gasteiger partial charge in [0.15, 0.2) is 11.6 Å². The average molecular weight is 491 g/mol. The molecule has 7 nitrogen and oxygen atoms in total. The van der Waals surface area contributed by atoms with E-state index in [1.54, 1.807) is 19.2 Å². The number of hydrogen-bond acceptors (Lipinski definition) is 7. The molecule has 0 amide bonds. The van der Waals surface area contributed by atoms with Crippen LogP contribution in [0, 0.1) is 5.82 Å². The number of hydrogen-bond donors (Lipinski definition) is 1. The summed E-state index contributed by atoms with van der Waals surface area (Å²) in [5, 5.41) is 3.62. The molecule has 0 aliphatic carbocycles. The zero-order valence-electron chi connectivity index (χ0n) is 19.1. The summed E-state index contributed by atoms with van der Waals surface area (Å²) in [6, 6.07) is 7.53. The van der Waals surface area contributed by atoms with E-state index in [2.05, 4.69) is 15.3 Å². The molecule has 0 atom stereocenters. The maximum absolute atomic E-state index is 14.5. The lowest BCUT2D eigenvalue weighted by Gasteiger charge is -2.14. The van der Waals surface area contributed by atoms with Crippen molar-refractivity contribution in [3.8, 4) is 5.75 Å². The van der Waals surface area contributed by atoms with Crippen molar-refractivity contribution in [1.82, 2.24) is 14.9 Å². The average Bonchev–Trinajstić information content (AvgIpc) is 2.83. The Morgan fingerprint density at radius 2 is 2.03 bits per heavy atom. The Morgan fingerprint density at radius 1 is 1.24 bits per heavy atom. The molecule has 0 radical (unpaired) electrons. The summed E-state index contributed by atoms with van der Waals surface area (Å²) in [6.07, 6.45) is 2.41. The number of nitrogens with one attached hydrogen (secondary N) is 1. The molecule has 2 aromatic carbocycles. The number of nitrogens with zero attached hydrogens (tertiary/aromatic N) is 3. The number of benzene rings is 2. The van der Waals surface area contributed by atoms with Crippen LogP contribution in [0.2, 0.25) is 5.02 Å². The van der Waals surface area contributed by atoms with Gasteiger partial charge < -0.3 is 19.7 Å². The lowest BCUT2D eigenvalue weighted by molar-refractivity contribution is -0.116. The molecule has 0 aliphatic rings. The summed E-state index contributed by atoms with van der Waals surface area (Å²) in [7, 11) is 4.86. The standard InChI is InChI=1S/C24H25ClF2N4O3/c1-31(8-9-33-2)7-6-20(27)22(32)11-15-10-17-21(13-23(15)34-3)28-14-29-24(17)30-16-4-5-19(26)18(25)12-16/h4-6,10,12-14H,7-9,11H2,1-3H3,(H,28,29,30). The third-order valence-corrected chi connectivity index (χ3v) is 5.39. The molecule has 0 unspecified atom stereocenters. The van der Waals surface area contributed by atoms with Crippen LogP contribution in [0.5, 0.6) is 5.75 Å². The largest absolute Gasteiger partial charge is 0.496 e. The SMILES string of the molecule is COCCN(C)CC=C(F)C(=O)Cc1cc2c(Nc3ccc(F)c(Cl)c3)ncnc2cc1OC. The molecule has 0 spiro atoms. The first-order valence-electron chi connectivity index (χ1n) is 10.4. The van der Waals surface area contributed by atoms with Crippen molar-refractivity contribution in [3.63, 3.8) is 0 Å². The van der Waals surface area contributed by atoms with Gasteiger partial charge in [0.05, 0.1) is 24.3 Å². The predicted molar refractivity (Wildman–Crippen MR) is 128 cm³/mol. The first-order chi connectivity index (χ1) is 16.3. The zero-order chi connectivity index (χ0) is 24.7. The van der Waals surface area contributed by atoms with Crippen LogP contribution >= 0.6 is 11.6 Å². The van der Waals surface area contributed by atoms with E-state index in [9.17, 15) is 13.6 Å². The monoisotopic (exact) mass is 490 g/mol. The minimum Gasteiger partial charge on any atom is -0.496 e. The topological polar surface area (TPSA) is 76.6 Å². The van der Waals surface area contributed by atoms with Crippen LogP contribution in [0.4, 0.5) is 20.3 Å². The van der Waals surface area contributed by atoms with E-state index in [0.717, 1.165) is 0 Å². The number of carbonyl (C=O) groups excluding carboxylic acids is 1. The van der Waals surface area contributed by atoms with Crippen molar-refractivity contribution in [1.29, 1.82) is 0 Å². The molecular formula is C24H25ClF2N4O3. The number of ketones is 1. The number of Topliss-reactive ketones (excluding diaryl/α,β-unsaturated/α-hetero) is 1. The maximum Gasteiger partial charge on any atom is 0.195 e. The molecular weight excluding hydrogens is 466 g/mol. The molecule has 0 fully saturated rings. The van der Waals surface area contributed by atoms with E-state index in [4.69, 9.17) is 21.1 Å². The normalized spacial score (nSPS) is 11.8. The van der Waals surface area contributed by atoms with Gasteiger partial charge in [-0.15, -0.1) is 0 Å². The second-order valence-corrected chi connectivity index (χ2v) is 7.97. The number of rotatable bonds is 11. The lowest BCUT2D eigenvalue weighted by Crippen LogP contribution is -2.23. The fourth-order valence-corrected chi connectivity index (χ4v) is 3.39. The van der Waals surface area contributed by atoms with Crippen LogP contribution in [-0.4, -0.2) is 61.6 Å². The van der Waals surface area contributed by atoms with Gasteiger partial charge in [-0.3, -0.25) is 4.79 Å². The highest BCUT2D eigenvalue weighted by atomic mass is 35.5. The van der Waals surface area contributed by atoms with Gasteiger partial charge in [0.2, 0.25) is 0 Å². The van der Waals surface area contributed by atoms with Gasteiger partial charge in [0.25, 0.3) is 0 Å². The van der Waals surface area contributed by atoms with Crippen molar-refractivity contribution >= 4 is 39.8 Å². The van der Waals surface area contributed by atoms with E-state index in [-0.39, 0.29) is 18.0 Å². The van der Waals surface area contributed by atoms with Gasteiger partial charge in [0, 0.05) is 49.3 Å². The molecule has 3 rings (SSSR count). The molecule has 3 aromatic rings. The minimum atomic E-state index is -0.824. The first kappa shape index (κ1) is 25.5. The van der Waals surface area contributed by atoms with Gasteiger partial charge in [-0.05, 0) is 37.4 Å². The van der Waals surface area contributed by atoms with Crippen molar-refractivity contribution in [3.05, 3.63) is 65.0 Å². The fraction of sp³-hybridized carbons (Fsp3) is 0.292. The van der Waals surface area contributed by atoms with E-state index in [1.165, 1.54) is 37.7 Å². The van der Waals surface area contributed by atoms with Crippen LogP contribution in [0.3, 0.4) is 0 Å². The maximum atomic E-state index is 14.5. The fourth-order valence-electron chi connectivity index (χ4n) is 3.21. The summed E-state index contributed by atoms with van der Waals surface area (Å²) in [5.74, 6) is -1.21. The lowest BCUT2D eigenvalue weighted by atomic mass is 10.0. The molecule has 1 aromatic heterocycles. The number of halogens is 3. The van der Waals surface area contributed by atoms with Crippen LogP contribution in [0.15, 0.2) is 48.6 Å². The molecule has 1 N–H and O–H groups in total. The van der Waals surface area contributed by atoms with Crippen LogP contribution < -0.4 is 10.1 Å². The second-order valence-electron chi connectivity index (χ2n) is 7.56. The number of allylic oxidation sites excluding steroid dienone is 1. The van der Waals surface area contributed by atoms with Gasteiger partial charge in [-0.1, -0.05) is 11.6 Å². The number of fused-ring (bicyclic) bond motifs is 1. The first-order valence-corrected chi connectivity index (χ1v) is 10.8. The number of methoxy groups -OCH3 is 2. The second kappa shape index (κ2) is 11.8. The van der Waals surface area contributed by atoms with Gasteiger partial charge >= 0.3 is 0 Å². The highest BCUT2D eigenvalue weighted by molar-refractivity contribution is 6.31. The van der Waals surface area contributed by atoms with Crippen LogP contribution in [0.25, 0.3) is 10.9 Å². The number of likely N-dealkylation sites (N-methyl/N-ethyl adjacent to an activating group) is 1. The number of anilines is 2. The van der Waals surface area contributed by atoms with Crippen LogP contribution in [-0.2, 0) is 16.0 Å². The summed E-state index contributed by atoms with van der Waals surface area (Å²) in [4.78, 5) is 22.9. The summed E-state index contributed by atoms with van der Waals surface area (Å²) >= 11 is 5.87. The Balaban J connectivity index is 1.86. The van der Waals surface area contributed by atoms with Crippen molar-refractivity contribution in [2.45, 2.75) is 6.42 Å². The van der Waals surface area contributed by atoms with E-state index < -0.39 is 17.4 Å². The zero-order valence-corrected chi connectivity index (χ0v) is 19.8. The minimum absolute atomic E-state index is 0.0357. The molecule has 0 bridgehead atoms. The van der Waals surface area contributed by atoms with Crippen molar-refractivity contribution < 1.29 is 23.0 Å². The van der Waals surface area contributed by atoms with Crippen molar-refractivity contribution in [2.24, 2.45) is 0 Å². The van der Waals surface area contributed by atoms with Gasteiger partial charge in [-0.25, -0.2) is 18.7 Å². The Morgan fingerprint density at radius 3 is 2.74 bits per heavy atom. The smallest absolute Gasteiger partial charge is 0.195 e.